The lowest BCUT2D eigenvalue weighted by Gasteiger charge is -2.29. The number of benzene rings is 2. The van der Waals surface area contributed by atoms with Gasteiger partial charge in [-0.05, 0) is 80.4 Å². The van der Waals surface area contributed by atoms with Gasteiger partial charge in [-0.1, -0.05) is 6.07 Å². The minimum absolute atomic E-state index is 0.0856. The lowest BCUT2D eigenvalue weighted by molar-refractivity contribution is 0.0697. The third-order valence-electron chi connectivity index (χ3n) is 5.82. The summed E-state index contributed by atoms with van der Waals surface area (Å²) in [6, 6.07) is 16.3. The zero-order chi connectivity index (χ0) is 23.4. The first-order valence-corrected chi connectivity index (χ1v) is 11.2. The van der Waals surface area contributed by atoms with E-state index in [2.05, 4.69) is 57.9 Å². The van der Waals surface area contributed by atoms with E-state index in [1.165, 1.54) is 23.4 Å². The van der Waals surface area contributed by atoms with Gasteiger partial charge in [-0.3, -0.25) is 4.98 Å². The van der Waals surface area contributed by atoms with Gasteiger partial charge < -0.3 is 25.4 Å². The highest BCUT2D eigenvalue weighted by atomic mass is 16.5. The number of carboxylic acid groups (broad SMARTS) is 1. The first-order valence-electron chi connectivity index (χ1n) is 11.2. The number of aromatic carboxylic acids is 1. The van der Waals surface area contributed by atoms with Gasteiger partial charge in [-0.15, -0.1) is 0 Å². The van der Waals surface area contributed by atoms with Crippen LogP contribution in [0.4, 0.5) is 17.1 Å². The molecule has 3 aromatic rings. The molecule has 3 N–H and O–H groups in total. The standard InChI is InChI=1S/C26H30N4O3/c1-17(2)33-21-7-4-19(5-8-21)30(3)20-6-9-22-18(14-20)10-13-28-25(22)16-29-24-15-27-12-11-23(24)26(31)32/h4-9,11-12,14-15,17,25,28-29H,10,13,16H2,1-3H3,(H,31,32)/t25-/m0/s1. The van der Waals surface area contributed by atoms with Gasteiger partial charge in [-0.25, -0.2) is 4.79 Å². The maximum Gasteiger partial charge on any atom is 0.337 e. The summed E-state index contributed by atoms with van der Waals surface area (Å²) in [5.41, 5.74) is 5.50. The van der Waals surface area contributed by atoms with E-state index in [1.54, 1.807) is 6.20 Å². The third kappa shape index (κ3) is 5.26. The van der Waals surface area contributed by atoms with Gasteiger partial charge in [0.15, 0.2) is 0 Å². The predicted octanol–water partition coefficient (Wildman–Crippen LogP) is 4.63. The molecule has 1 aromatic heterocycles. The quantitative estimate of drug-likeness (QED) is 0.465. The second-order valence-electron chi connectivity index (χ2n) is 8.47. The van der Waals surface area contributed by atoms with E-state index in [1.807, 2.05) is 26.0 Å². The number of rotatable bonds is 8. The molecule has 0 radical (unpaired) electrons. The molecule has 0 fully saturated rings. The Morgan fingerprint density at radius 2 is 1.97 bits per heavy atom. The number of fused-ring (bicyclic) bond motifs is 1. The van der Waals surface area contributed by atoms with Crippen LogP contribution in [0.15, 0.2) is 60.9 Å². The van der Waals surface area contributed by atoms with Crippen LogP contribution in [0.3, 0.4) is 0 Å². The van der Waals surface area contributed by atoms with Gasteiger partial charge in [0.1, 0.15) is 5.75 Å². The van der Waals surface area contributed by atoms with Crippen LogP contribution in [0.2, 0.25) is 0 Å². The van der Waals surface area contributed by atoms with Crippen molar-refractivity contribution < 1.29 is 14.6 Å². The molecule has 172 valence electrons. The lowest BCUT2D eigenvalue weighted by Crippen LogP contribution is -2.34. The molecule has 4 rings (SSSR count). The second kappa shape index (κ2) is 9.92. The number of carboxylic acids is 1. The zero-order valence-electron chi connectivity index (χ0n) is 19.2. The van der Waals surface area contributed by atoms with Crippen molar-refractivity contribution in [1.82, 2.24) is 10.3 Å². The number of nitrogens with one attached hydrogen (secondary N) is 2. The predicted molar refractivity (Wildman–Crippen MR) is 131 cm³/mol. The van der Waals surface area contributed by atoms with Crippen LogP contribution in [0.1, 0.15) is 41.4 Å². The number of pyridine rings is 1. The van der Waals surface area contributed by atoms with Crippen molar-refractivity contribution in [3.63, 3.8) is 0 Å². The summed E-state index contributed by atoms with van der Waals surface area (Å²) in [5, 5.41) is 16.2. The molecule has 1 aliphatic heterocycles. The van der Waals surface area contributed by atoms with E-state index in [4.69, 9.17) is 4.74 Å². The summed E-state index contributed by atoms with van der Waals surface area (Å²) in [7, 11) is 2.07. The first-order chi connectivity index (χ1) is 15.9. The van der Waals surface area contributed by atoms with Crippen LogP contribution in [-0.2, 0) is 6.42 Å². The Labute approximate surface area is 194 Å². The minimum atomic E-state index is -0.964. The fraction of sp³-hybridized carbons (Fsp3) is 0.308. The van der Waals surface area contributed by atoms with Crippen molar-refractivity contribution in [3.8, 4) is 5.75 Å². The van der Waals surface area contributed by atoms with E-state index in [-0.39, 0.29) is 17.7 Å². The van der Waals surface area contributed by atoms with Gasteiger partial charge >= 0.3 is 5.97 Å². The first kappa shape index (κ1) is 22.6. The molecule has 0 saturated carbocycles. The Morgan fingerprint density at radius 1 is 1.21 bits per heavy atom. The van der Waals surface area contributed by atoms with Crippen LogP contribution < -0.4 is 20.3 Å². The maximum atomic E-state index is 11.5. The van der Waals surface area contributed by atoms with Crippen molar-refractivity contribution >= 4 is 23.0 Å². The van der Waals surface area contributed by atoms with Crippen molar-refractivity contribution in [2.45, 2.75) is 32.4 Å². The smallest absolute Gasteiger partial charge is 0.337 e. The van der Waals surface area contributed by atoms with Gasteiger partial charge in [0, 0.05) is 37.2 Å². The highest BCUT2D eigenvalue weighted by molar-refractivity contribution is 5.93. The Bertz CT molecular complexity index is 1110. The number of nitrogens with zero attached hydrogens (tertiary/aromatic N) is 2. The Kier molecular flexibility index (Phi) is 6.79. The van der Waals surface area contributed by atoms with E-state index in [0.717, 1.165) is 30.1 Å². The third-order valence-corrected chi connectivity index (χ3v) is 5.82. The van der Waals surface area contributed by atoms with E-state index in [0.29, 0.717) is 12.2 Å². The van der Waals surface area contributed by atoms with E-state index in [9.17, 15) is 9.90 Å². The van der Waals surface area contributed by atoms with E-state index >= 15 is 0 Å². The van der Waals surface area contributed by atoms with Gasteiger partial charge in [0.05, 0.1) is 23.6 Å². The number of hydrogen-bond donors (Lipinski definition) is 3. The van der Waals surface area contributed by atoms with Crippen LogP contribution in [-0.4, -0.2) is 42.3 Å². The monoisotopic (exact) mass is 446 g/mol. The summed E-state index contributed by atoms with van der Waals surface area (Å²) in [4.78, 5) is 17.7. The molecule has 0 spiro atoms. The number of anilines is 3. The summed E-state index contributed by atoms with van der Waals surface area (Å²) >= 11 is 0. The summed E-state index contributed by atoms with van der Waals surface area (Å²) in [5.74, 6) is -0.0953. The molecule has 0 unspecified atom stereocenters. The maximum absolute atomic E-state index is 11.5. The summed E-state index contributed by atoms with van der Waals surface area (Å²) < 4.78 is 5.75. The summed E-state index contributed by atoms with van der Waals surface area (Å²) in [6.07, 6.45) is 4.15. The van der Waals surface area contributed by atoms with Crippen LogP contribution >= 0.6 is 0 Å². The fourth-order valence-electron chi connectivity index (χ4n) is 4.13. The van der Waals surface area contributed by atoms with E-state index < -0.39 is 5.97 Å². The molecule has 0 amide bonds. The van der Waals surface area contributed by atoms with Crippen molar-refractivity contribution in [2.24, 2.45) is 0 Å². The Balaban J connectivity index is 1.48. The Morgan fingerprint density at radius 3 is 2.70 bits per heavy atom. The highest BCUT2D eigenvalue weighted by Crippen LogP contribution is 2.31. The largest absolute Gasteiger partial charge is 0.491 e. The normalized spacial score (nSPS) is 15.1. The molecular formula is C26H30N4O3. The lowest BCUT2D eigenvalue weighted by atomic mass is 9.93. The molecule has 0 aliphatic carbocycles. The molecule has 2 heterocycles. The van der Waals surface area contributed by atoms with Gasteiger partial charge in [-0.2, -0.15) is 0 Å². The fourth-order valence-corrected chi connectivity index (χ4v) is 4.13. The van der Waals surface area contributed by atoms with Crippen molar-refractivity contribution in [1.29, 1.82) is 0 Å². The summed E-state index contributed by atoms with van der Waals surface area (Å²) in [6.45, 7) is 5.48. The number of aromatic nitrogens is 1. The molecule has 2 aromatic carbocycles. The Hall–Kier alpha value is -3.58. The zero-order valence-corrected chi connectivity index (χ0v) is 19.2. The second-order valence-corrected chi connectivity index (χ2v) is 8.47. The molecule has 7 heteroatoms. The SMILES string of the molecule is CC(C)Oc1ccc(N(C)c2ccc3c(c2)CCN[C@H]3CNc2cnccc2C(=O)O)cc1. The van der Waals surface area contributed by atoms with Crippen LogP contribution in [0.5, 0.6) is 5.75 Å². The molecule has 0 saturated heterocycles. The molecule has 0 bridgehead atoms. The molecule has 1 atom stereocenters. The van der Waals surface area contributed by atoms with Crippen molar-refractivity contribution in [3.05, 3.63) is 77.6 Å². The average Bonchev–Trinajstić information content (AvgIpc) is 2.82. The van der Waals surface area contributed by atoms with Gasteiger partial charge in [0.25, 0.3) is 0 Å². The molecular weight excluding hydrogens is 416 g/mol. The molecule has 33 heavy (non-hydrogen) atoms. The van der Waals surface area contributed by atoms with Crippen LogP contribution in [0.25, 0.3) is 0 Å². The van der Waals surface area contributed by atoms with Crippen LogP contribution in [0, 0.1) is 0 Å². The minimum Gasteiger partial charge on any atom is -0.491 e. The number of ether oxygens (including phenoxy) is 1. The van der Waals surface area contributed by atoms with Crippen molar-refractivity contribution in [2.75, 3.05) is 30.4 Å². The highest BCUT2D eigenvalue weighted by Gasteiger charge is 2.21. The number of hydrogen-bond acceptors (Lipinski definition) is 6. The topological polar surface area (TPSA) is 86.7 Å². The molecule has 7 nitrogen and oxygen atoms in total. The average molecular weight is 447 g/mol. The molecule has 1 aliphatic rings. The van der Waals surface area contributed by atoms with Gasteiger partial charge in [0.2, 0.25) is 0 Å². The number of carbonyl (C=O) groups is 1.